The van der Waals surface area contributed by atoms with Crippen molar-refractivity contribution < 1.29 is 14.6 Å². The summed E-state index contributed by atoms with van der Waals surface area (Å²) < 4.78 is 11.3. The molecule has 1 heterocycles. The van der Waals surface area contributed by atoms with Crippen molar-refractivity contribution in [2.75, 3.05) is 26.4 Å². The van der Waals surface area contributed by atoms with Gasteiger partial charge in [-0.1, -0.05) is 0 Å². The molecule has 1 spiro atoms. The van der Waals surface area contributed by atoms with E-state index in [1.807, 2.05) is 0 Å². The van der Waals surface area contributed by atoms with Gasteiger partial charge >= 0.3 is 0 Å². The highest BCUT2D eigenvalue weighted by atomic mass is 16.7. The molecule has 17 heavy (non-hydrogen) atoms. The molecular weight excluding hydrogens is 220 g/mol. The largest absolute Gasteiger partial charge is 0.396 e. The zero-order chi connectivity index (χ0) is 12.2. The molecule has 0 aromatic rings. The molecule has 5 nitrogen and oxygen atoms in total. The Kier molecular flexibility index (Phi) is 4.00. The first-order valence-corrected chi connectivity index (χ1v) is 6.29. The van der Waals surface area contributed by atoms with Crippen LogP contribution in [0.25, 0.3) is 0 Å². The van der Waals surface area contributed by atoms with Crippen molar-refractivity contribution in [2.24, 2.45) is 0 Å². The summed E-state index contributed by atoms with van der Waals surface area (Å²) >= 11 is 0. The van der Waals surface area contributed by atoms with E-state index in [9.17, 15) is 5.26 Å². The summed E-state index contributed by atoms with van der Waals surface area (Å²) in [6, 6.07) is 2.38. The molecule has 2 N–H and O–H groups in total. The molecule has 2 rings (SSSR count). The second-order valence-corrected chi connectivity index (χ2v) is 4.81. The monoisotopic (exact) mass is 240 g/mol. The van der Waals surface area contributed by atoms with Crippen LogP contribution in [-0.2, 0) is 9.47 Å². The molecule has 0 aromatic carbocycles. The summed E-state index contributed by atoms with van der Waals surface area (Å²) in [6.45, 7) is 2.17. The van der Waals surface area contributed by atoms with E-state index in [4.69, 9.17) is 14.6 Å². The van der Waals surface area contributed by atoms with Crippen molar-refractivity contribution in [2.45, 2.75) is 43.4 Å². The van der Waals surface area contributed by atoms with Crippen LogP contribution in [0.3, 0.4) is 0 Å². The van der Waals surface area contributed by atoms with Gasteiger partial charge in [0.25, 0.3) is 0 Å². The molecule has 0 bridgehead atoms. The Morgan fingerprint density at radius 3 is 2.35 bits per heavy atom. The third-order valence-corrected chi connectivity index (χ3v) is 3.69. The fraction of sp³-hybridized carbons (Fsp3) is 0.917. The Bertz CT molecular complexity index is 285. The Labute approximate surface area is 102 Å². The van der Waals surface area contributed by atoms with Gasteiger partial charge in [-0.2, -0.15) is 5.26 Å². The van der Waals surface area contributed by atoms with Gasteiger partial charge < -0.3 is 14.6 Å². The average Bonchev–Trinajstić information content (AvgIpc) is 2.82. The van der Waals surface area contributed by atoms with E-state index >= 15 is 0 Å². The number of nitriles is 1. The zero-order valence-corrected chi connectivity index (χ0v) is 10.1. The first-order chi connectivity index (χ1) is 8.24. The van der Waals surface area contributed by atoms with Crippen molar-refractivity contribution in [1.29, 1.82) is 5.26 Å². The van der Waals surface area contributed by atoms with Crippen molar-refractivity contribution in [1.82, 2.24) is 5.32 Å². The summed E-state index contributed by atoms with van der Waals surface area (Å²) in [5.41, 5.74) is -0.463. The Balaban J connectivity index is 1.88. The molecule has 2 fully saturated rings. The maximum absolute atomic E-state index is 9.32. The number of hydrogen-bond acceptors (Lipinski definition) is 5. The quantitative estimate of drug-likeness (QED) is 0.701. The molecular formula is C12H20N2O3. The Morgan fingerprint density at radius 2 is 1.82 bits per heavy atom. The first kappa shape index (κ1) is 12.8. The molecule has 2 aliphatic rings. The number of rotatable bonds is 4. The molecule has 5 heteroatoms. The lowest BCUT2D eigenvalue weighted by Crippen LogP contribution is -2.51. The second-order valence-electron chi connectivity index (χ2n) is 4.81. The van der Waals surface area contributed by atoms with E-state index in [2.05, 4.69) is 11.4 Å². The molecule has 1 aliphatic heterocycles. The van der Waals surface area contributed by atoms with Crippen LogP contribution >= 0.6 is 0 Å². The maximum atomic E-state index is 9.32. The lowest BCUT2D eigenvalue weighted by molar-refractivity contribution is -0.183. The predicted octanol–water partition coefficient (Wildman–Crippen LogP) is 0.538. The normalized spacial score (nSPS) is 25.9. The van der Waals surface area contributed by atoms with Crippen LogP contribution in [0.2, 0.25) is 0 Å². The molecule has 0 unspecified atom stereocenters. The van der Waals surface area contributed by atoms with Crippen LogP contribution in [0.15, 0.2) is 0 Å². The van der Waals surface area contributed by atoms with Crippen molar-refractivity contribution in [3.05, 3.63) is 0 Å². The topological polar surface area (TPSA) is 74.5 Å². The van der Waals surface area contributed by atoms with Gasteiger partial charge in [-0.15, -0.1) is 0 Å². The molecule has 0 aromatic heterocycles. The number of aliphatic hydroxyl groups excluding tert-OH is 1. The molecule has 0 radical (unpaired) electrons. The van der Waals surface area contributed by atoms with Gasteiger partial charge in [0.1, 0.15) is 5.54 Å². The SMILES string of the molecule is N#CC1(NCCCO)CCC2(CC1)OCCO2. The number of nitrogens with one attached hydrogen (secondary N) is 1. The van der Waals surface area contributed by atoms with Crippen LogP contribution in [-0.4, -0.2) is 42.8 Å². The van der Waals surface area contributed by atoms with E-state index in [0.29, 0.717) is 26.2 Å². The molecule has 0 atom stereocenters. The summed E-state index contributed by atoms with van der Waals surface area (Å²) in [6.07, 6.45) is 3.71. The van der Waals surface area contributed by atoms with Gasteiger partial charge in [0.05, 0.1) is 19.3 Å². The van der Waals surface area contributed by atoms with Crippen molar-refractivity contribution in [3.63, 3.8) is 0 Å². The van der Waals surface area contributed by atoms with E-state index in [-0.39, 0.29) is 6.61 Å². The van der Waals surface area contributed by atoms with E-state index in [0.717, 1.165) is 25.7 Å². The van der Waals surface area contributed by atoms with E-state index in [1.54, 1.807) is 0 Å². The standard InChI is InChI=1S/C12H20N2O3/c13-10-11(14-6-1-7-15)2-4-12(5-3-11)16-8-9-17-12/h14-15H,1-9H2. The molecule has 96 valence electrons. The minimum Gasteiger partial charge on any atom is -0.396 e. The maximum Gasteiger partial charge on any atom is 0.168 e. The zero-order valence-electron chi connectivity index (χ0n) is 10.1. The number of aliphatic hydroxyl groups is 1. The molecule has 0 amide bonds. The summed E-state index contributed by atoms with van der Waals surface area (Å²) in [4.78, 5) is 0. The Morgan fingerprint density at radius 1 is 1.18 bits per heavy atom. The van der Waals surface area contributed by atoms with Gasteiger partial charge in [-0.05, 0) is 25.8 Å². The van der Waals surface area contributed by atoms with E-state index < -0.39 is 11.3 Å². The van der Waals surface area contributed by atoms with Crippen molar-refractivity contribution in [3.8, 4) is 6.07 Å². The molecule has 1 aliphatic carbocycles. The smallest absolute Gasteiger partial charge is 0.168 e. The van der Waals surface area contributed by atoms with Crippen LogP contribution in [0, 0.1) is 11.3 Å². The van der Waals surface area contributed by atoms with Crippen LogP contribution in [0.4, 0.5) is 0 Å². The lowest BCUT2D eigenvalue weighted by atomic mass is 9.79. The number of nitrogens with zero attached hydrogens (tertiary/aromatic N) is 1. The summed E-state index contributed by atoms with van der Waals surface area (Å²) in [5.74, 6) is -0.418. The summed E-state index contributed by atoms with van der Waals surface area (Å²) in [7, 11) is 0. The fourth-order valence-corrected chi connectivity index (χ4v) is 2.58. The van der Waals surface area contributed by atoms with Gasteiger partial charge in [0, 0.05) is 19.4 Å². The van der Waals surface area contributed by atoms with E-state index in [1.165, 1.54) is 0 Å². The van der Waals surface area contributed by atoms with Gasteiger partial charge in [0.15, 0.2) is 5.79 Å². The van der Waals surface area contributed by atoms with Gasteiger partial charge in [-0.25, -0.2) is 0 Å². The van der Waals surface area contributed by atoms with Crippen LogP contribution in [0.5, 0.6) is 0 Å². The van der Waals surface area contributed by atoms with Crippen LogP contribution in [0.1, 0.15) is 32.1 Å². The van der Waals surface area contributed by atoms with Crippen LogP contribution < -0.4 is 5.32 Å². The highest BCUT2D eigenvalue weighted by Gasteiger charge is 2.46. The first-order valence-electron chi connectivity index (χ1n) is 6.29. The number of ether oxygens (including phenoxy) is 2. The Hall–Kier alpha value is -0.670. The molecule has 1 saturated carbocycles. The third kappa shape index (κ3) is 2.78. The fourth-order valence-electron chi connectivity index (χ4n) is 2.58. The van der Waals surface area contributed by atoms with Gasteiger partial charge in [0.2, 0.25) is 0 Å². The molecule has 1 saturated heterocycles. The minimum atomic E-state index is -0.463. The second kappa shape index (κ2) is 5.32. The highest BCUT2D eigenvalue weighted by molar-refractivity contribution is 5.10. The third-order valence-electron chi connectivity index (χ3n) is 3.69. The van der Waals surface area contributed by atoms with Crippen molar-refractivity contribution >= 4 is 0 Å². The lowest BCUT2D eigenvalue weighted by Gasteiger charge is -2.40. The predicted molar refractivity (Wildman–Crippen MR) is 61.2 cm³/mol. The minimum absolute atomic E-state index is 0.157. The van der Waals surface area contributed by atoms with Gasteiger partial charge in [-0.3, -0.25) is 5.32 Å². The average molecular weight is 240 g/mol. The summed E-state index contributed by atoms with van der Waals surface area (Å²) in [5, 5.41) is 21.3. The highest BCUT2D eigenvalue weighted by Crippen LogP contribution is 2.39. The number of hydrogen-bond donors (Lipinski definition) is 2.